The molecule has 7 nitrogen and oxygen atoms in total. The highest BCUT2D eigenvalue weighted by molar-refractivity contribution is 5.52. The summed E-state index contributed by atoms with van der Waals surface area (Å²) in [6, 6.07) is 9.92. The van der Waals surface area contributed by atoms with Crippen LogP contribution in [0.25, 0.3) is 0 Å². The zero-order chi connectivity index (χ0) is 22.9. The molecule has 0 aliphatic heterocycles. The third-order valence-corrected chi connectivity index (χ3v) is 5.70. The quantitative estimate of drug-likeness (QED) is 0.634. The van der Waals surface area contributed by atoms with Crippen molar-refractivity contribution in [3.8, 4) is 17.2 Å². The van der Waals surface area contributed by atoms with Gasteiger partial charge in [-0.2, -0.15) is 0 Å². The number of pyridine rings is 2. The summed E-state index contributed by atoms with van der Waals surface area (Å²) in [5, 5.41) is 21.6. The van der Waals surface area contributed by atoms with E-state index < -0.39 is 17.0 Å². The van der Waals surface area contributed by atoms with E-state index >= 15 is 0 Å². The Morgan fingerprint density at radius 1 is 0.839 bits per heavy atom. The number of rotatable bonds is 6. The number of hydrogen-bond donors (Lipinski definition) is 2. The van der Waals surface area contributed by atoms with Gasteiger partial charge >= 0.3 is 0 Å². The summed E-state index contributed by atoms with van der Waals surface area (Å²) in [5.74, 6) is -0.769. The summed E-state index contributed by atoms with van der Waals surface area (Å²) >= 11 is 0. The molecule has 0 saturated heterocycles. The predicted octanol–water partition coefficient (Wildman–Crippen LogP) is 3.27. The van der Waals surface area contributed by atoms with E-state index in [1.54, 1.807) is 45.2 Å². The Bertz CT molecular complexity index is 1150. The average Bonchev–Trinajstić information content (AvgIpc) is 2.72. The summed E-state index contributed by atoms with van der Waals surface area (Å²) in [4.78, 5) is 26.8. The van der Waals surface area contributed by atoms with Gasteiger partial charge in [0.05, 0.1) is 24.2 Å². The Kier molecular flexibility index (Phi) is 6.24. The molecule has 2 N–H and O–H groups in total. The number of aromatic hydroxyl groups is 2. The summed E-state index contributed by atoms with van der Waals surface area (Å²) in [5.41, 5.74) is 1.11. The summed E-state index contributed by atoms with van der Waals surface area (Å²) < 4.78 is 8.30. The first-order valence-electron chi connectivity index (χ1n) is 10.3. The van der Waals surface area contributed by atoms with E-state index in [0.29, 0.717) is 35.8 Å². The molecule has 2 heterocycles. The lowest BCUT2D eigenvalue weighted by molar-refractivity contribution is 0.414. The van der Waals surface area contributed by atoms with E-state index in [-0.39, 0.29) is 22.6 Å². The van der Waals surface area contributed by atoms with Gasteiger partial charge in [-0.15, -0.1) is 0 Å². The van der Waals surface area contributed by atoms with Crippen LogP contribution in [0, 0.1) is 13.8 Å². The van der Waals surface area contributed by atoms with Crippen LogP contribution in [0.1, 0.15) is 47.8 Å². The van der Waals surface area contributed by atoms with Crippen molar-refractivity contribution < 1.29 is 14.9 Å². The minimum absolute atomic E-state index is 0.0523. The molecular formula is C24H28N2O5. The van der Waals surface area contributed by atoms with Crippen molar-refractivity contribution in [3.63, 3.8) is 0 Å². The first kappa shape index (κ1) is 22.2. The molecule has 0 atom stereocenters. The molecule has 3 aromatic rings. The molecule has 1 aromatic carbocycles. The van der Waals surface area contributed by atoms with Gasteiger partial charge in [0.15, 0.2) is 0 Å². The molecule has 0 aliphatic carbocycles. The van der Waals surface area contributed by atoms with Crippen LogP contribution in [0.15, 0.2) is 46.0 Å². The minimum Gasteiger partial charge on any atom is -0.507 e. The van der Waals surface area contributed by atoms with E-state index in [4.69, 9.17) is 4.74 Å². The largest absolute Gasteiger partial charge is 0.507 e. The molecule has 0 bridgehead atoms. The Morgan fingerprint density at radius 3 is 1.61 bits per heavy atom. The first-order chi connectivity index (χ1) is 14.7. The van der Waals surface area contributed by atoms with E-state index in [1.165, 1.54) is 21.3 Å². The van der Waals surface area contributed by atoms with Crippen molar-refractivity contribution in [2.75, 3.05) is 7.11 Å². The third kappa shape index (κ3) is 3.83. The van der Waals surface area contributed by atoms with E-state index in [2.05, 4.69) is 0 Å². The second-order valence-corrected chi connectivity index (χ2v) is 7.47. The van der Waals surface area contributed by atoms with Crippen LogP contribution in [0.2, 0.25) is 0 Å². The monoisotopic (exact) mass is 424 g/mol. The molecule has 0 aliphatic rings. The number of aryl methyl sites for hydroxylation is 2. The van der Waals surface area contributed by atoms with Gasteiger partial charge in [-0.3, -0.25) is 9.59 Å². The number of benzene rings is 1. The van der Waals surface area contributed by atoms with Gasteiger partial charge in [-0.1, -0.05) is 12.1 Å². The zero-order valence-corrected chi connectivity index (χ0v) is 18.5. The fraction of sp³-hybridized carbons (Fsp3) is 0.333. The SMILES string of the molecule is CCn1c(C)cc(O)c(C(c2ccc(OC)cc2)c2c(O)cc(C)n(CC)c2=O)c1=O. The smallest absolute Gasteiger partial charge is 0.258 e. The lowest BCUT2D eigenvalue weighted by Gasteiger charge is -2.23. The van der Waals surface area contributed by atoms with Crippen molar-refractivity contribution in [2.24, 2.45) is 0 Å². The van der Waals surface area contributed by atoms with Crippen LogP contribution in [-0.4, -0.2) is 26.5 Å². The first-order valence-corrected chi connectivity index (χ1v) is 10.3. The van der Waals surface area contributed by atoms with Crippen LogP contribution in [0.4, 0.5) is 0 Å². The van der Waals surface area contributed by atoms with Gasteiger partial charge < -0.3 is 24.1 Å². The van der Waals surface area contributed by atoms with Gasteiger partial charge in [0, 0.05) is 24.5 Å². The summed E-state index contributed by atoms with van der Waals surface area (Å²) in [6.07, 6.45) is 0. The maximum Gasteiger partial charge on any atom is 0.258 e. The summed E-state index contributed by atoms with van der Waals surface area (Å²) in [7, 11) is 1.55. The molecule has 0 amide bonds. The second-order valence-electron chi connectivity index (χ2n) is 7.47. The van der Waals surface area contributed by atoms with Crippen molar-refractivity contribution in [1.29, 1.82) is 0 Å². The minimum atomic E-state index is -0.956. The van der Waals surface area contributed by atoms with E-state index in [9.17, 15) is 19.8 Å². The average molecular weight is 424 g/mol. The van der Waals surface area contributed by atoms with Crippen LogP contribution < -0.4 is 15.9 Å². The molecule has 164 valence electrons. The molecule has 31 heavy (non-hydrogen) atoms. The zero-order valence-electron chi connectivity index (χ0n) is 18.5. The Balaban J connectivity index is 2.45. The molecular weight excluding hydrogens is 396 g/mol. The summed E-state index contributed by atoms with van der Waals surface area (Å²) in [6.45, 7) is 7.98. The van der Waals surface area contributed by atoms with E-state index in [1.807, 2.05) is 13.8 Å². The molecule has 0 fully saturated rings. The van der Waals surface area contributed by atoms with Crippen molar-refractivity contribution in [1.82, 2.24) is 9.13 Å². The third-order valence-electron chi connectivity index (χ3n) is 5.70. The van der Waals surface area contributed by atoms with Crippen LogP contribution >= 0.6 is 0 Å². The fourth-order valence-corrected chi connectivity index (χ4v) is 4.14. The maximum absolute atomic E-state index is 13.4. The Labute approximate surface area is 180 Å². The van der Waals surface area contributed by atoms with Crippen LogP contribution in [-0.2, 0) is 13.1 Å². The molecule has 0 saturated carbocycles. The molecule has 3 rings (SSSR count). The lowest BCUT2D eigenvalue weighted by Crippen LogP contribution is -2.32. The molecule has 0 spiro atoms. The van der Waals surface area contributed by atoms with Gasteiger partial charge in [-0.05, 0) is 57.5 Å². The Hall–Kier alpha value is -3.48. The van der Waals surface area contributed by atoms with Crippen molar-refractivity contribution >= 4 is 0 Å². The van der Waals surface area contributed by atoms with Crippen LogP contribution in [0.3, 0.4) is 0 Å². The molecule has 7 heteroatoms. The second kappa shape index (κ2) is 8.71. The number of methoxy groups -OCH3 is 1. The fourth-order valence-electron chi connectivity index (χ4n) is 4.14. The number of nitrogens with zero attached hydrogens (tertiary/aromatic N) is 2. The standard InChI is InChI=1S/C24H28N2O5/c1-6-25-14(3)12-18(27)21(23(25)29)20(16-8-10-17(31-5)11-9-16)22-19(28)13-15(4)26(7-2)24(22)30/h8-13,20,27-28H,6-7H2,1-5H3. The molecule has 2 aromatic heterocycles. The van der Waals surface area contributed by atoms with E-state index in [0.717, 1.165) is 0 Å². The van der Waals surface area contributed by atoms with Gasteiger partial charge in [-0.25, -0.2) is 0 Å². The molecule has 0 radical (unpaired) electrons. The highest BCUT2D eigenvalue weighted by Gasteiger charge is 2.30. The lowest BCUT2D eigenvalue weighted by atomic mass is 9.84. The van der Waals surface area contributed by atoms with Gasteiger partial charge in [0.25, 0.3) is 11.1 Å². The highest BCUT2D eigenvalue weighted by atomic mass is 16.5. The topological polar surface area (TPSA) is 93.7 Å². The molecule has 0 unspecified atom stereocenters. The van der Waals surface area contributed by atoms with Crippen LogP contribution in [0.5, 0.6) is 17.2 Å². The highest BCUT2D eigenvalue weighted by Crippen LogP contribution is 2.38. The number of aromatic nitrogens is 2. The number of hydrogen-bond acceptors (Lipinski definition) is 5. The van der Waals surface area contributed by atoms with Gasteiger partial charge in [0.2, 0.25) is 0 Å². The normalized spacial score (nSPS) is 11.2. The Morgan fingerprint density at radius 2 is 1.26 bits per heavy atom. The van der Waals surface area contributed by atoms with Gasteiger partial charge in [0.1, 0.15) is 17.2 Å². The van der Waals surface area contributed by atoms with Crippen molar-refractivity contribution in [2.45, 2.75) is 46.7 Å². The number of ether oxygens (including phenoxy) is 1. The maximum atomic E-state index is 13.4. The predicted molar refractivity (Wildman–Crippen MR) is 119 cm³/mol. The van der Waals surface area contributed by atoms with Crippen molar-refractivity contribution in [3.05, 3.63) is 85.2 Å².